The van der Waals surface area contributed by atoms with Crippen molar-refractivity contribution in [2.75, 3.05) is 13.7 Å². The highest BCUT2D eigenvalue weighted by Gasteiger charge is 2.13. The molecule has 0 aliphatic carbocycles. The van der Waals surface area contributed by atoms with E-state index in [1.165, 1.54) is 0 Å². The zero-order valence-electron chi connectivity index (χ0n) is 8.62. The number of aliphatic hydroxyl groups excluding tert-OH is 1. The number of nitrogens with two attached hydrogens (primary N) is 1. The van der Waals surface area contributed by atoms with Crippen LogP contribution in [-0.4, -0.2) is 18.8 Å². The van der Waals surface area contributed by atoms with Crippen LogP contribution in [-0.2, 0) is 11.3 Å². The number of hydrogen-bond donors (Lipinski definition) is 2. The number of rotatable bonds is 5. The molecule has 1 aromatic heterocycles. The second kappa shape index (κ2) is 5.14. The van der Waals surface area contributed by atoms with Crippen molar-refractivity contribution in [2.45, 2.75) is 26.0 Å². The van der Waals surface area contributed by atoms with Crippen LogP contribution >= 0.6 is 0 Å². The Bertz CT molecular complexity index is 283. The van der Waals surface area contributed by atoms with E-state index in [0.717, 1.165) is 11.3 Å². The summed E-state index contributed by atoms with van der Waals surface area (Å²) >= 11 is 0. The SMILES string of the molecule is COCc1cc(C(N)CCO)oc1C. The van der Waals surface area contributed by atoms with E-state index in [1.807, 2.05) is 13.0 Å². The first kappa shape index (κ1) is 11.2. The molecular formula is C10H17NO3. The van der Waals surface area contributed by atoms with Gasteiger partial charge in [-0.3, -0.25) is 0 Å². The minimum absolute atomic E-state index is 0.0700. The van der Waals surface area contributed by atoms with Crippen LogP contribution in [0.4, 0.5) is 0 Å². The van der Waals surface area contributed by atoms with Gasteiger partial charge in [-0.25, -0.2) is 0 Å². The Morgan fingerprint density at radius 3 is 2.93 bits per heavy atom. The highest BCUT2D eigenvalue weighted by molar-refractivity contribution is 5.21. The summed E-state index contributed by atoms with van der Waals surface area (Å²) in [6.07, 6.45) is 0.513. The van der Waals surface area contributed by atoms with Crippen molar-refractivity contribution < 1.29 is 14.3 Å². The molecule has 0 aliphatic heterocycles. The third-order valence-corrected chi connectivity index (χ3v) is 2.15. The van der Waals surface area contributed by atoms with Gasteiger partial charge in [0.05, 0.1) is 12.6 Å². The van der Waals surface area contributed by atoms with Gasteiger partial charge in [-0.15, -0.1) is 0 Å². The van der Waals surface area contributed by atoms with Gasteiger partial charge < -0.3 is 20.0 Å². The molecule has 1 unspecified atom stereocenters. The van der Waals surface area contributed by atoms with Crippen LogP contribution in [0, 0.1) is 6.92 Å². The van der Waals surface area contributed by atoms with Gasteiger partial charge >= 0.3 is 0 Å². The Morgan fingerprint density at radius 2 is 2.36 bits per heavy atom. The highest BCUT2D eigenvalue weighted by atomic mass is 16.5. The highest BCUT2D eigenvalue weighted by Crippen LogP contribution is 2.21. The van der Waals surface area contributed by atoms with Crippen molar-refractivity contribution in [3.8, 4) is 0 Å². The van der Waals surface area contributed by atoms with Gasteiger partial charge in [-0.2, -0.15) is 0 Å². The molecule has 0 fully saturated rings. The second-order valence-corrected chi connectivity index (χ2v) is 3.28. The van der Waals surface area contributed by atoms with Crippen LogP contribution in [0.1, 0.15) is 29.5 Å². The van der Waals surface area contributed by atoms with Crippen molar-refractivity contribution in [2.24, 2.45) is 5.73 Å². The maximum atomic E-state index is 8.73. The summed E-state index contributed by atoms with van der Waals surface area (Å²) in [5.41, 5.74) is 6.80. The number of aryl methyl sites for hydroxylation is 1. The molecule has 0 aliphatic rings. The number of hydrogen-bond acceptors (Lipinski definition) is 4. The molecule has 0 saturated carbocycles. The summed E-state index contributed by atoms with van der Waals surface area (Å²) in [4.78, 5) is 0. The molecule has 4 nitrogen and oxygen atoms in total. The van der Waals surface area contributed by atoms with E-state index in [2.05, 4.69) is 0 Å². The van der Waals surface area contributed by atoms with Crippen molar-refractivity contribution in [3.63, 3.8) is 0 Å². The topological polar surface area (TPSA) is 68.6 Å². The lowest BCUT2D eigenvalue weighted by Crippen LogP contribution is -2.10. The average Bonchev–Trinajstić information content (AvgIpc) is 2.49. The Hall–Kier alpha value is -0.840. The Labute approximate surface area is 83.7 Å². The molecule has 0 radical (unpaired) electrons. The Kier molecular flexibility index (Phi) is 4.13. The lowest BCUT2D eigenvalue weighted by molar-refractivity contribution is 0.183. The van der Waals surface area contributed by atoms with Crippen molar-refractivity contribution in [1.29, 1.82) is 0 Å². The number of ether oxygens (including phenoxy) is 1. The maximum Gasteiger partial charge on any atom is 0.121 e. The Morgan fingerprint density at radius 1 is 1.64 bits per heavy atom. The fraction of sp³-hybridized carbons (Fsp3) is 0.600. The van der Waals surface area contributed by atoms with E-state index in [4.69, 9.17) is 20.0 Å². The summed E-state index contributed by atoms with van der Waals surface area (Å²) in [5.74, 6) is 1.54. The van der Waals surface area contributed by atoms with E-state index in [9.17, 15) is 0 Å². The van der Waals surface area contributed by atoms with Gasteiger partial charge in [0.15, 0.2) is 0 Å². The van der Waals surface area contributed by atoms with E-state index < -0.39 is 0 Å². The zero-order valence-corrected chi connectivity index (χ0v) is 8.62. The number of methoxy groups -OCH3 is 1. The first-order valence-corrected chi connectivity index (χ1v) is 4.63. The smallest absolute Gasteiger partial charge is 0.121 e. The zero-order chi connectivity index (χ0) is 10.6. The fourth-order valence-corrected chi connectivity index (χ4v) is 1.31. The molecule has 4 heteroatoms. The van der Waals surface area contributed by atoms with Gasteiger partial charge in [0.2, 0.25) is 0 Å². The molecule has 3 N–H and O–H groups in total. The number of aliphatic hydroxyl groups is 1. The van der Waals surface area contributed by atoms with E-state index in [1.54, 1.807) is 7.11 Å². The minimum Gasteiger partial charge on any atom is -0.464 e. The van der Waals surface area contributed by atoms with Gasteiger partial charge in [-0.1, -0.05) is 0 Å². The molecule has 1 aromatic rings. The van der Waals surface area contributed by atoms with E-state index >= 15 is 0 Å². The summed E-state index contributed by atoms with van der Waals surface area (Å²) < 4.78 is 10.5. The normalized spacial score (nSPS) is 13.1. The molecule has 1 atom stereocenters. The van der Waals surface area contributed by atoms with Crippen LogP contribution in [0.5, 0.6) is 0 Å². The first-order valence-electron chi connectivity index (χ1n) is 4.63. The second-order valence-electron chi connectivity index (χ2n) is 3.28. The van der Waals surface area contributed by atoms with Crippen LogP contribution in [0.25, 0.3) is 0 Å². The predicted octanol–water partition coefficient (Wildman–Crippen LogP) is 1.12. The fourth-order valence-electron chi connectivity index (χ4n) is 1.31. The summed E-state index contributed by atoms with van der Waals surface area (Å²) in [7, 11) is 1.64. The van der Waals surface area contributed by atoms with Crippen molar-refractivity contribution >= 4 is 0 Å². The standard InChI is InChI=1S/C10H17NO3/c1-7-8(6-13-2)5-10(14-7)9(11)3-4-12/h5,9,12H,3-4,6,11H2,1-2H3. The average molecular weight is 199 g/mol. The third kappa shape index (κ3) is 2.57. The molecule has 0 aromatic carbocycles. The Balaban J connectivity index is 2.74. The first-order chi connectivity index (χ1) is 6.69. The van der Waals surface area contributed by atoms with Gasteiger partial charge in [0.25, 0.3) is 0 Å². The van der Waals surface area contributed by atoms with Crippen LogP contribution in [0.15, 0.2) is 10.5 Å². The predicted molar refractivity (Wildman–Crippen MR) is 52.8 cm³/mol. The third-order valence-electron chi connectivity index (χ3n) is 2.15. The van der Waals surface area contributed by atoms with Crippen LogP contribution in [0.3, 0.4) is 0 Å². The summed E-state index contributed by atoms with van der Waals surface area (Å²) in [5, 5.41) is 8.73. The lowest BCUT2D eigenvalue weighted by atomic mass is 10.1. The molecule has 1 heterocycles. The monoisotopic (exact) mass is 199 g/mol. The quantitative estimate of drug-likeness (QED) is 0.745. The summed E-state index contributed by atoms with van der Waals surface area (Å²) in [6, 6.07) is 1.66. The van der Waals surface area contributed by atoms with Gasteiger partial charge in [0.1, 0.15) is 11.5 Å². The molecule has 0 spiro atoms. The molecule has 0 amide bonds. The lowest BCUT2D eigenvalue weighted by Gasteiger charge is -2.04. The van der Waals surface area contributed by atoms with Crippen LogP contribution < -0.4 is 5.73 Å². The molecular weight excluding hydrogens is 182 g/mol. The molecule has 0 bridgehead atoms. The molecule has 0 saturated heterocycles. The minimum atomic E-state index is -0.232. The van der Waals surface area contributed by atoms with Gasteiger partial charge in [0, 0.05) is 19.3 Å². The largest absolute Gasteiger partial charge is 0.464 e. The molecule has 14 heavy (non-hydrogen) atoms. The maximum absolute atomic E-state index is 8.73. The van der Waals surface area contributed by atoms with E-state index in [-0.39, 0.29) is 12.6 Å². The van der Waals surface area contributed by atoms with Crippen molar-refractivity contribution in [1.82, 2.24) is 0 Å². The van der Waals surface area contributed by atoms with E-state index in [0.29, 0.717) is 18.8 Å². The number of furan rings is 1. The van der Waals surface area contributed by atoms with Crippen molar-refractivity contribution in [3.05, 3.63) is 23.2 Å². The summed E-state index contributed by atoms with van der Waals surface area (Å²) in [6.45, 7) is 2.48. The van der Waals surface area contributed by atoms with Crippen LogP contribution in [0.2, 0.25) is 0 Å². The van der Waals surface area contributed by atoms with Gasteiger partial charge in [-0.05, 0) is 19.4 Å². The molecule has 1 rings (SSSR count). The molecule has 80 valence electrons.